The van der Waals surface area contributed by atoms with Gasteiger partial charge in [0.1, 0.15) is 0 Å². The Balaban J connectivity index is 1.68. The fourth-order valence-corrected chi connectivity index (χ4v) is 4.35. The first-order valence-electron chi connectivity index (χ1n) is 9.48. The lowest BCUT2D eigenvalue weighted by molar-refractivity contribution is 0.0977. The van der Waals surface area contributed by atoms with Crippen molar-refractivity contribution in [1.82, 2.24) is 14.5 Å². The molecule has 6 nitrogen and oxygen atoms in total. The molecule has 1 heterocycles. The van der Waals surface area contributed by atoms with Crippen molar-refractivity contribution in [3.63, 3.8) is 0 Å². The third-order valence-corrected chi connectivity index (χ3v) is 6.18. The number of rotatable bonds is 5. The zero-order valence-corrected chi connectivity index (χ0v) is 17.5. The minimum absolute atomic E-state index is 0.0410. The van der Waals surface area contributed by atoms with Crippen molar-refractivity contribution in [2.75, 3.05) is 0 Å². The van der Waals surface area contributed by atoms with Crippen LogP contribution in [0.4, 0.5) is 0 Å². The minimum Gasteiger partial charge on any atom is -0.266 e. The molecule has 1 N–H and O–H groups in total. The van der Waals surface area contributed by atoms with Crippen LogP contribution in [-0.4, -0.2) is 24.1 Å². The number of benzene rings is 3. The lowest BCUT2D eigenvalue weighted by Crippen LogP contribution is -2.31. The molecule has 7 heteroatoms. The fourth-order valence-electron chi connectivity index (χ4n) is 3.29. The topological polar surface area (TPSA) is 81.1 Å². The van der Waals surface area contributed by atoms with Gasteiger partial charge < -0.3 is 0 Å². The summed E-state index contributed by atoms with van der Waals surface area (Å²) in [4.78, 5) is 12.9. The number of nitrogens with one attached hydrogen (secondary N) is 1. The number of carbonyl (C=O) groups excluding carboxylic acids is 1. The van der Waals surface area contributed by atoms with Crippen molar-refractivity contribution in [3.05, 3.63) is 95.2 Å². The molecule has 3 aromatic carbocycles. The van der Waals surface area contributed by atoms with Crippen molar-refractivity contribution in [2.24, 2.45) is 0 Å². The van der Waals surface area contributed by atoms with E-state index in [0.717, 1.165) is 22.2 Å². The smallest absolute Gasteiger partial charge is 0.266 e. The second-order valence-corrected chi connectivity index (χ2v) is 8.94. The second kappa shape index (κ2) is 7.76. The predicted molar refractivity (Wildman–Crippen MR) is 116 cm³/mol. The summed E-state index contributed by atoms with van der Waals surface area (Å²) < 4.78 is 29.2. The van der Waals surface area contributed by atoms with Crippen LogP contribution in [0.1, 0.15) is 27.2 Å². The van der Waals surface area contributed by atoms with Crippen LogP contribution in [0.3, 0.4) is 0 Å². The summed E-state index contributed by atoms with van der Waals surface area (Å²) in [6, 6.07) is 21.7. The molecule has 0 radical (unpaired) electrons. The summed E-state index contributed by atoms with van der Waals surface area (Å²) in [6.07, 6.45) is 0. The van der Waals surface area contributed by atoms with Crippen LogP contribution in [-0.2, 0) is 16.6 Å². The Bertz CT molecular complexity index is 1340. The van der Waals surface area contributed by atoms with Gasteiger partial charge in [0.2, 0.25) is 0 Å². The molecule has 0 saturated carbocycles. The van der Waals surface area contributed by atoms with Gasteiger partial charge in [-0.15, -0.1) is 0 Å². The van der Waals surface area contributed by atoms with Crippen molar-refractivity contribution < 1.29 is 13.2 Å². The lowest BCUT2D eigenvalue weighted by Gasteiger charge is -2.06. The van der Waals surface area contributed by atoms with Gasteiger partial charge in [-0.1, -0.05) is 60.2 Å². The largest absolute Gasteiger partial charge is 0.286 e. The van der Waals surface area contributed by atoms with Crippen molar-refractivity contribution in [3.8, 4) is 0 Å². The number of nitrogens with zero attached hydrogens (tertiary/aromatic N) is 2. The summed E-state index contributed by atoms with van der Waals surface area (Å²) >= 11 is 0. The van der Waals surface area contributed by atoms with E-state index in [1.807, 2.05) is 43.3 Å². The Kier molecular flexibility index (Phi) is 5.13. The molecule has 4 aromatic rings. The van der Waals surface area contributed by atoms with Gasteiger partial charge in [-0.25, -0.2) is 13.1 Å². The van der Waals surface area contributed by atoms with E-state index < -0.39 is 15.9 Å². The highest BCUT2D eigenvalue weighted by atomic mass is 32.2. The zero-order valence-electron chi connectivity index (χ0n) is 16.7. The van der Waals surface area contributed by atoms with Gasteiger partial charge in [0, 0.05) is 5.39 Å². The van der Waals surface area contributed by atoms with E-state index in [9.17, 15) is 13.2 Å². The molecule has 0 aliphatic heterocycles. The average molecular weight is 420 g/mol. The van der Waals surface area contributed by atoms with Crippen LogP contribution in [0, 0.1) is 13.8 Å². The minimum atomic E-state index is -4.00. The molecule has 1 amide bonds. The van der Waals surface area contributed by atoms with E-state index in [-0.39, 0.29) is 10.6 Å². The van der Waals surface area contributed by atoms with Crippen LogP contribution in [0.5, 0.6) is 0 Å². The molecule has 4 rings (SSSR count). The predicted octanol–water partition coefficient (Wildman–Crippen LogP) is 3.82. The number of hydrogen-bond donors (Lipinski definition) is 1. The third kappa shape index (κ3) is 3.97. The molecule has 152 valence electrons. The van der Waals surface area contributed by atoms with Crippen LogP contribution in [0.25, 0.3) is 10.9 Å². The van der Waals surface area contributed by atoms with Crippen molar-refractivity contribution in [1.29, 1.82) is 0 Å². The molecule has 0 saturated heterocycles. The van der Waals surface area contributed by atoms with E-state index in [1.54, 1.807) is 35.9 Å². The highest BCUT2D eigenvalue weighted by Gasteiger charge is 2.23. The van der Waals surface area contributed by atoms with Crippen LogP contribution in [0.15, 0.2) is 77.7 Å². The van der Waals surface area contributed by atoms with E-state index in [2.05, 4.69) is 9.82 Å². The highest BCUT2D eigenvalue weighted by molar-refractivity contribution is 7.90. The number of fused-ring (bicyclic) bond motifs is 1. The molecule has 0 aliphatic carbocycles. The van der Waals surface area contributed by atoms with Gasteiger partial charge in [-0.2, -0.15) is 5.10 Å². The number of carbonyl (C=O) groups is 1. The van der Waals surface area contributed by atoms with Crippen LogP contribution < -0.4 is 4.72 Å². The van der Waals surface area contributed by atoms with Crippen molar-refractivity contribution >= 4 is 26.8 Å². The summed E-state index contributed by atoms with van der Waals surface area (Å²) in [5, 5.41) is 5.04. The quantitative estimate of drug-likeness (QED) is 0.533. The normalized spacial score (nSPS) is 11.5. The SMILES string of the molecule is Cc1ccc(Cn2nc(C(=O)NS(=O)(=O)c3cccc(C)c3)c3ccccc32)cc1. The van der Waals surface area contributed by atoms with E-state index in [1.165, 1.54) is 12.1 Å². The maximum absolute atomic E-state index is 12.9. The number of aromatic nitrogens is 2. The molecule has 0 unspecified atom stereocenters. The molecule has 0 spiro atoms. The van der Waals surface area contributed by atoms with Gasteiger partial charge in [-0.3, -0.25) is 9.48 Å². The van der Waals surface area contributed by atoms with Crippen molar-refractivity contribution in [2.45, 2.75) is 25.3 Å². The number of aryl methyl sites for hydroxylation is 2. The van der Waals surface area contributed by atoms with Gasteiger partial charge in [-0.05, 0) is 43.2 Å². The molecule has 0 bridgehead atoms. The molecular weight excluding hydrogens is 398 g/mol. The molecule has 0 fully saturated rings. The number of hydrogen-bond acceptors (Lipinski definition) is 4. The second-order valence-electron chi connectivity index (χ2n) is 7.26. The Morgan fingerprint density at radius 2 is 1.67 bits per heavy atom. The van der Waals surface area contributed by atoms with Gasteiger partial charge >= 0.3 is 0 Å². The third-order valence-electron chi connectivity index (χ3n) is 4.85. The maximum atomic E-state index is 12.9. The van der Waals surface area contributed by atoms with E-state index >= 15 is 0 Å². The highest BCUT2D eigenvalue weighted by Crippen LogP contribution is 2.21. The number of amides is 1. The maximum Gasteiger partial charge on any atom is 0.286 e. The summed E-state index contributed by atoms with van der Waals surface area (Å²) in [7, 11) is -4.00. The lowest BCUT2D eigenvalue weighted by atomic mass is 10.1. The molecule has 0 atom stereocenters. The Hall–Kier alpha value is -3.45. The first-order valence-corrected chi connectivity index (χ1v) is 11.0. The number of para-hydroxylation sites is 1. The zero-order chi connectivity index (χ0) is 21.3. The fraction of sp³-hybridized carbons (Fsp3) is 0.130. The Labute approximate surface area is 175 Å². The van der Waals surface area contributed by atoms with Gasteiger partial charge in [0.25, 0.3) is 15.9 Å². The monoisotopic (exact) mass is 419 g/mol. The molecule has 1 aromatic heterocycles. The van der Waals surface area contributed by atoms with E-state index in [0.29, 0.717) is 11.9 Å². The summed E-state index contributed by atoms with van der Waals surface area (Å²) in [6.45, 7) is 4.28. The van der Waals surface area contributed by atoms with Crippen LogP contribution in [0.2, 0.25) is 0 Å². The Morgan fingerprint density at radius 1 is 0.933 bits per heavy atom. The molecule has 0 aliphatic rings. The molecular formula is C23H21N3O3S. The first-order chi connectivity index (χ1) is 14.3. The van der Waals surface area contributed by atoms with Gasteiger partial charge in [0.05, 0.1) is 17.0 Å². The first kappa shape index (κ1) is 19.8. The summed E-state index contributed by atoms with van der Waals surface area (Å²) in [5.41, 5.74) is 3.82. The van der Waals surface area contributed by atoms with Crippen LogP contribution >= 0.6 is 0 Å². The van der Waals surface area contributed by atoms with E-state index in [4.69, 9.17) is 0 Å². The number of sulfonamides is 1. The summed E-state index contributed by atoms with van der Waals surface area (Å²) in [5.74, 6) is -0.754. The standard InChI is InChI=1S/C23H21N3O3S/c1-16-10-12-18(13-11-16)15-26-21-9-4-3-8-20(21)22(24-26)23(27)25-30(28,29)19-7-5-6-17(2)14-19/h3-14H,15H2,1-2H3,(H,25,27). The average Bonchev–Trinajstić information content (AvgIpc) is 3.08. The Morgan fingerprint density at radius 3 is 2.40 bits per heavy atom. The van der Waals surface area contributed by atoms with Gasteiger partial charge in [0.15, 0.2) is 5.69 Å². The molecule has 30 heavy (non-hydrogen) atoms.